The molecule has 130 valence electrons. The number of fused-ring (bicyclic) bond motifs is 3. The molecule has 0 spiro atoms. The molecular weight excluding hydrogens is 308 g/mol. The highest BCUT2D eigenvalue weighted by molar-refractivity contribution is 5.75. The number of ether oxygens (including phenoxy) is 2. The van der Waals surface area contributed by atoms with Gasteiger partial charge < -0.3 is 19.1 Å². The molecule has 2 fully saturated rings. The standard InChI is InChI=1S/C18H24N2O4/c1-18-6-2-3-12(10-21)4-5-13-14(9-20-8-7-19-11-20)17(22)23-15(13)16(18)24-18/h3,7-8,11,13-16,21H,2,4-6,9-10H2,1H3/b12-3+/t13-,14-,15-,16+,18+/m0/s1. The molecule has 1 aromatic rings. The van der Waals surface area contributed by atoms with Gasteiger partial charge in [-0.3, -0.25) is 4.79 Å². The molecule has 6 heteroatoms. The monoisotopic (exact) mass is 332 g/mol. The fourth-order valence-electron chi connectivity index (χ4n) is 4.23. The first-order chi connectivity index (χ1) is 11.6. The van der Waals surface area contributed by atoms with E-state index in [4.69, 9.17) is 9.47 Å². The normalized spacial score (nSPS) is 40.9. The maximum atomic E-state index is 12.5. The van der Waals surface area contributed by atoms with Crippen LogP contribution in [-0.4, -0.2) is 45.0 Å². The van der Waals surface area contributed by atoms with Crippen molar-refractivity contribution in [2.45, 2.75) is 57.0 Å². The van der Waals surface area contributed by atoms with Crippen molar-refractivity contribution in [2.24, 2.45) is 11.8 Å². The summed E-state index contributed by atoms with van der Waals surface area (Å²) in [5.41, 5.74) is 0.846. The Balaban J connectivity index is 1.59. The SMILES string of the molecule is C[C@@]12CC/C=C(/CO)CC[C@@H]3[C@H](OC(=O)[C@H]3Cn3ccnc3)[C@H]1O2. The number of allylic oxidation sites excluding steroid dienone is 1. The van der Waals surface area contributed by atoms with Gasteiger partial charge >= 0.3 is 5.97 Å². The van der Waals surface area contributed by atoms with Crippen LogP contribution in [0.25, 0.3) is 0 Å². The Morgan fingerprint density at radius 3 is 3.12 bits per heavy atom. The van der Waals surface area contributed by atoms with Crippen molar-refractivity contribution >= 4 is 5.97 Å². The topological polar surface area (TPSA) is 76.9 Å². The van der Waals surface area contributed by atoms with Crippen molar-refractivity contribution < 1.29 is 19.4 Å². The number of epoxide rings is 1. The average Bonchev–Trinajstić information content (AvgIpc) is 2.89. The predicted molar refractivity (Wildman–Crippen MR) is 86.0 cm³/mol. The van der Waals surface area contributed by atoms with Crippen LogP contribution in [0, 0.1) is 11.8 Å². The molecular formula is C18H24N2O4. The van der Waals surface area contributed by atoms with Gasteiger partial charge in [0.15, 0.2) is 0 Å². The van der Waals surface area contributed by atoms with Gasteiger partial charge in [0.05, 0.1) is 24.5 Å². The maximum absolute atomic E-state index is 12.5. The molecule has 1 N–H and O–H groups in total. The van der Waals surface area contributed by atoms with Crippen molar-refractivity contribution in [2.75, 3.05) is 6.61 Å². The molecule has 3 heterocycles. The van der Waals surface area contributed by atoms with Crippen molar-refractivity contribution in [3.05, 3.63) is 30.4 Å². The molecule has 3 aliphatic rings. The minimum absolute atomic E-state index is 0.00307. The van der Waals surface area contributed by atoms with Crippen LogP contribution in [-0.2, 0) is 20.8 Å². The summed E-state index contributed by atoms with van der Waals surface area (Å²) in [5.74, 6) is -0.206. The van der Waals surface area contributed by atoms with E-state index < -0.39 is 0 Å². The van der Waals surface area contributed by atoms with Crippen LogP contribution in [0.2, 0.25) is 0 Å². The number of hydrogen-bond donors (Lipinski definition) is 1. The maximum Gasteiger partial charge on any atom is 0.311 e. The zero-order chi connectivity index (χ0) is 16.7. The summed E-state index contributed by atoms with van der Waals surface area (Å²) in [6.45, 7) is 2.76. The summed E-state index contributed by atoms with van der Waals surface area (Å²) in [5, 5.41) is 9.57. The van der Waals surface area contributed by atoms with Gasteiger partial charge in [-0.15, -0.1) is 0 Å². The van der Waals surface area contributed by atoms with Crippen LogP contribution in [0.1, 0.15) is 32.6 Å². The first kappa shape index (κ1) is 15.8. The minimum atomic E-state index is -0.207. The summed E-state index contributed by atoms with van der Waals surface area (Å²) in [7, 11) is 0. The lowest BCUT2D eigenvalue weighted by molar-refractivity contribution is -0.145. The quantitative estimate of drug-likeness (QED) is 0.518. The van der Waals surface area contributed by atoms with Gasteiger partial charge in [-0.2, -0.15) is 0 Å². The Bertz CT molecular complexity index is 641. The molecule has 4 rings (SSSR count). The van der Waals surface area contributed by atoms with Gasteiger partial charge in [0.25, 0.3) is 0 Å². The zero-order valence-electron chi connectivity index (χ0n) is 13.9. The number of aliphatic hydroxyl groups excluding tert-OH is 1. The molecule has 0 amide bonds. The van der Waals surface area contributed by atoms with E-state index in [-0.39, 0.29) is 42.2 Å². The minimum Gasteiger partial charge on any atom is -0.459 e. The van der Waals surface area contributed by atoms with E-state index in [1.165, 1.54) is 0 Å². The third kappa shape index (κ3) is 2.78. The van der Waals surface area contributed by atoms with Gasteiger partial charge in [0, 0.05) is 24.9 Å². The molecule has 5 atom stereocenters. The molecule has 2 saturated heterocycles. The fourth-order valence-corrected chi connectivity index (χ4v) is 4.23. The lowest BCUT2D eigenvalue weighted by Crippen LogP contribution is -2.31. The van der Waals surface area contributed by atoms with Crippen molar-refractivity contribution in [3.63, 3.8) is 0 Å². The Hall–Kier alpha value is -1.66. The lowest BCUT2D eigenvalue weighted by atomic mass is 9.80. The summed E-state index contributed by atoms with van der Waals surface area (Å²) in [6, 6.07) is 0. The Morgan fingerprint density at radius 1 is 1.50 bits per heavy atom. The summed E-state index contributed by atoms with van der Waals surface area (Å²) in [4.78, 5) is 16.6. The summed E-state index contributed by atoms with van der Waals surface area (Å²) < 4.78 is 13.7. The van der Waals surface area contributed by atoms with E-state index in [0.717, 1.165) is 31.3 Å². The molecule has 1 aromatic heterocycles. The first-order valence-corrected chi connectivity index (χ1v) is 8.73. The van der Waals surface area contributed by atoms with E-state index in [0.29, 0.717) is 6.54 Å². The number of aromatic nitrogens is 2. The molecule has 0 radical (unpaired) electrons. The zero-order valence-corrected chi connectivity index (χ0v) is 13.9. The smallest absolute Gasteiger partial charge is 0.311 e. The molecule has 0 bridgehead atoms. The highest BCUT2D eigenvalue weighted by Crippen LogP contribution is 2.50. The van der Waals surface area contributed by atoms with Gasteiger partial charge in [-0.1, -0.05) is 6.08 Å². The number of esters is 1. The van der Waals surface area contributed by atoms with Crippen LogP contribution >= 0.6 is 0 Å². The first-order valence-electron chi connectivity index (χ1n) is 8.73. The molecule has 0 unspecified atom stereocenters. The second kappa shape index (κ2) is 6.01. The Morgan fingerprint density at radius 2 is 2.38 bits per heavy atom. The van der Waals surface area contributed by atoms with Crippen LogP contribution in [0.5, 0.6) is 0 Å². The number of carbonyl (C=O) groups excluding carboxylic acids is 1. The van der Waals surface area contributed by atoms with Crippen LogP contribution in [0.3, 0.4) is 0 Å². The average molecular weight is 332 g/mol. The number of imidazole rings is 1. The fraction of sp³-hybridized carbons (Fsp3) is 0.667. The molecule has 0 aromatic carbocycles. The van der Waals surface area contributed by atoms with Gasteiger partial charge in [-0.25, -0.2) is 4.98 Å². The molecule has 2 aliphatic heterocycles. The predicted octanol–water partition coefficient (Wildman–Crippen LogP) is 1.69. The summed E-state index contributed by atoms with van der Waals surface area (Å²) >= 11 is 0. The highest BCUT2D eigenvalue weighted by atomic mass is 16.6. The van der Waals surface area contributed by atoms with Crippen molar-refractivity contribution in [1.29, 1.82) is 0 Å². The second-order valence-corrected chi connectivity index (χ2v) is 7.38. The van der Waals surface area contributed by atoms with Crippen LogP contribution in [0.15, 0.2) is 30.4 Å². The summed E-state index contributed by atoms with van der Waals surface area (Å²) in [6.07, 6.45) is 10.7. The number of carbonyl (C=O) groups is 1. The molecule has 0 saturated carbocycles. The Labute approximate surface area is 141 Å². The van der Waals surface area contributed by atoms with Crippen LogP contribution < -0.4 is 0 Å². The second-order valence-electron chi connectivity index (χ2n) is 7.38. The number of nitrogens with zero attached hydrogens (tertiary/aromatic N) is 2. The van der Waals surface area contributed by atoms with E-state index in [1.54, 1.807) is 12.5 Å². The third-order valence-electron chi connectivity index (χ3n) is 5.78. The number of hydrogen-bond acceptors (Lipinski definition) is 5. The van der Waals surface area contributed by atoms with E-state index in [1.807, 2.05) is 10.8 Å². The van der Waals surface area contributed by atoms with E-state index >= 15 is 0 Å². The highest BCUT2D eigenvalue weighted by Gasteiger charge is 2.62. The molecule has 6 nitrogen and oxygen atoms in total. The molecule has 1 aliphatic carbocycles. The van der Waals surface area contributed by atoms with Crippen molar-refractivity contribution in [1.82, 2.24) is 9.55 Å². The molecule has 24 heavy (non-hydrogen) atoms. The van der Waals surface area contributed by atoms with Crippen molar-refractivity contribution in [3.8, 4) is 0 Å². The van der Waals surface area contributed by atoms with Crippen LogP contribution in [0.4, 0.5) is 0 Å². The Kier molecular flexibility index (Phi) is 3.96. The number of rotatable bonds is 3. The lowest BCUT2D eigenvalue weighted by Gasteiger charge is -2.22. The van der Waals surface area contributed by atoms with Gasteiger partial charge in [0.1, 0.15) is 12.2 Å². The number of aliphatic hydroxyl groups is 1. The van der Waals surface area contributed by atoms with E-state index in [9.17, 15) is 9.90 Å². The van der Waals surface area contributed by atoms with Gasteiger partial charge in [-0.05, 0) is 38.2 Å². The largest absolute Gasteiger partial charge is 0.459 e. The van der Waals surface area contributed by atoms with E-state index in [2.05, 4.69) is 18.0 Å². The third-order valence-corrected chi connectivity index (χ3v) is 5.78. The van der Waals surface area contributed by atoms with Gasteiger partial charge in [0.2, 0.25) is 0 Å².